The first-order valence-corrected chi connectivity index (χ1v) is 7.53. The quantitative estimate of drug-likeness (QED) is 0.793. The number of hydrogen-bond acceptors (Lipinski definition) is 2. The third kappa shape index (κ3) is 4.45. The maximum Gasteiger partial charge on any atom is 0.123 e. The monoisotopic (exact) mass is 385 g/mol. The number of ether oxygens (including phenoxy) is 1. The summed E-state index contributed by atoms with van der Waals surface area (Å²) < 4.78 is 20.3. The smallest absolute Gasteiger partial charge is 0.123 e. The zero-order valence-corrected chi connectivity index (χ0v) is 13.4. The molecule has 2 aromatic rings. The highest BCUT2D eigenvalue weighted by Crippen LogP contribution is 2.22. The van der Waals surface area contributed by atoms with Gasteiger partial charge in [0, 0.05) is 9.61 Å². The van der Waals surface area contributed by atoms with Crippen LogP contribution in [0.15, 0.2) is 42.5 Å². The first-order chi connectivity index (χ1) is 9.54. The van der Waals surface area contributed by atoms with Crippen LogP contribution in [0.5, 0.6) is 5.75 Å². The molecule has 0 aromatic heterocycles. The highest BCUT2D eigenvalue weighted by atomic mass is 127. The molecule has 0 radical (unpaired) electrons. The Kier molecular flexibility index (Phi) is 5.37. The summed E-state index contributed by atoms with van der Waals surface area (Å²) in [6.45, 7) is 2.36. The van der Waals surface area contributed by atoms with E-state index in [1.54, 1.807) is 6.07 Å². The van der Waals surface area contributed by atoms with Crippen LogP contribution in [-0.2, 0) is 13.0 Å². The van der Waals surface area contributed by atoms with E-state index >= 15 is 0 Å². The zero-order valence-electron chi connectivity index (χ0n) is 11.3. The van der Waals surface area contributed by atoms with Crippen molar-refractivity contribution >= 4 is 22.6 Å². The van der Waals surface area contributed by atoms with Crippen LogP contribution in [0.2, 0.25) is 0 Å². The number of rotatable bonds is 5. The van der Waals surface area contributed by atoms with Crippen LogP contribution in [-0.4, -0.2) is 6.04 Å². The lowest BCUT2D eigenvalue weighted by atomic mass is 10.1. The molecule has 0 bridgehead atoms. The molecule has 1 unspecified atom stereocenters. The summed E-state index contributed by atoms with van der Waals surface area (Å²) in [7, 11) is 0. The van der Waals surface area contributed by atoms with Gasteiger partial charge in [-0.05, 0) is 77.4 Å². The van der Waals surface area contributed by atoms with Gasteiger partial charge in [0.1, 0.15) is 18.2 Å². The fourth-order valence-electron chi connectivity index (χ4n) is 1.94. The Bertz CT molecular complexity index is 569. The standard InChI is InChI=1S/C16H17FINO/c1-11(19)8-13-9-14(17)4-7-16(13)20-10-12-2-5-15(18)6-3-12/h2-7,9,11H,8,10,19H2,1H3. The molecule has 0 aliphatic heterocycles. The van der Waals surface area contributed by atoms with Crippen molar-refractivity contribution < 1.29 is 9.13 Å². The molecule has 0 amide bonds. The van der Waals surface area contributed by atoms with Gasteiger partial charge in [-0.2, -0.15) is 0 Å². The predicted molar refractivity (Wildman–Crippen MR) is 87.2 cm³/mol. The van der Waals surface area contributed by atoms with Crippen molar-refractivity contribution in [2.45, 2.75) is 26.0 Å². The van der Waals surface area contributed by atoms with Gasteiger partial charge in [0.25, 0.3) is 0 Å². The molecule has 20 heavy (non-hydrogen) atoms. The minimum Gasteiger partial charge on any atom is -0.489 e. The molecule has 0 aliphatic carbocycles. The molecule has 2 N–H and O–H groups in total. The van der Waals surface area contributed by atoms with Crippen molar-refractivity contribution in [2.75, 3.05) is 0 Å². The molecule has 2 rings (SSSR count). The molecule has 2 aromatic carbocycles. The predicted octanol–water partition coefficient (Wildman–Crippen LogP) is 3.90. The Morgan fingerprint density at radius 3 is 2.55 bits per heavy atom. The Morgan fingerprint density at radius 2 is 1.90 bits per heavy atom. The molecule has 0 fully saturated rings. The number of benzene rings is 2. The van der Waals surface area contributed by atoms with E-state index in [2.05, 4.69) is 22.6 Å². The average molecular weight is 385 g/mol. The van der Waals surface area contributed by atoms with Gasteiger partial charge in [-0.15, -0.1) is 0 Å². The molecule has 0 aliphatic rings. The van der Waals surface area contributed by atoms with E-state index in [0.717, 1.165) is 11.1 Å². The lowest BCUT2D eigenvalue weighted by molar-refractivity contribution is 0.302. The molecular weight excluding hydrogens is 368 g/mol. The van der Waals surface area contributed by atoms with Gasteiger partial charge in [0.2, 0.25) is 0 Å². The van der Waals surface area contributed by atoms with Crippen molar-refractivity contribution in [1.82, 2.24) is 0 Å². The second kappa shape index (κ2) is 7.04. The van der Waals surface area contributed by atoms with Gasteiger partial charge in [0.05, 0.1) is 0 Å². The second-order valence-corrected chi connectivity index (χ2v) is 6.09. The largest absolute Gasteiger partial charge is 0.489 e. The third-order valence-corrected chi connectivity index (χ3v) is 3.59. The SMILES string of the molecule is CC(N)Cc1cc(F)ccc1OCc1ccc(I)cc1. The highest BCUT2D eigenvalue weighted by Gasteiger charge is 2.08. The summed E-state index contributed by atoms with van der Waals surface area (Å²) in [4.78, 5) is 0. The van der Waals surface area contributed by atoms with Crippen LogP contribution in [0.25, 0.3) is 0 Å². The summed E-state index contributed by atoms with van der Waals surface area (Å²) in [5.41, 5.74) is 7.68. The van der Waals surface area contributed by atoms with Crippen LogP contribution in [0.4, 0.5) is 4.39 Å². The molecule has 0 spiro atoms. The summed E-state index contributed by atoms with van der Waals surface area (Å²) in [5, 5.41) is 0. The highest BCUT2D eigenvalue weighted by molar-refractivity contribution is 14.1. The van der Waals surface area contributed by atoms with Gasteiger partial charge < -0.3 is 10.5 Å². The van der Waals surface area contributed by atoms with Crippen LogP contribution >= 0.6 is 22.6 Å². The summed E-state index contributed by atoms with van der Waals surface area (Å²) in [6.07, 6.45) is 0.597. The average Bonchev–Trinajstić information content (AvgIpc) is 2.39. The second-order valence-electron chi connectivity index (χ2n) is 4.85. The number of nitrogens with two attached hydrogens (primary N) is 1. The van der Waals surface area contributed by atoms with E-state index < -0.39 is 0 Å². The summed E-state index contributed by atoms with van der Waals surface area (Å²) in [5.74, 6) is 0.435. The number of halogens is 2. The van der Waals surface area contributed by atoms with E-state index in [9.17, 15) is 4.39 Å². The van der Waals surface area contributed by atoms with Crippen LogP contribution in [0, 0.1) is 9.39 Å². The lowest BCUT2D eigenvalue weighted by Crippen LogP contribution is -2.18. The number of hydrogen-bond donors (Lipinski definition) is 1. The molecule has 0 saturated heterocycles. The molecule has 2 nitrogen and oxygen atoms in total. The minimum absolute atomic E-state index is 0.0301. The van der Waals surface area contributed by atoms with Crippen molar-refractivity contribution in [3.63, 3.8) is 0 Å². The van der Waals surface area contributed by atoms with Gasteiger partial charge in [0.15, 0.2) is 0 Å². The van der Waals surface area contributed by atoms with E-state index in [1.165, 1.54) is 15.7 Å². The molecule has 4 heteroatoms. The molecule has 106 valence electrons. The van der Waals surface area contributed by atoms with Crippen molar-refractivity contribution in [1.29, 1.82) is 0 Å². The third-order valence-electron chi connectivity index (χ3n) is 2.87. The van der Waals surface area contributed by atoms with Crippen molar-refractivity contribution in [3.8, 4) is 5.75 Å². The molecule has 0 heterocycles. The minimum atomic E-state index is -0.262. The van der Waals surface area contributed by atoms with Crippen molar-refractivity contribution in [2.24, 2.45) is 5.73 Å². The Hall–Kier alpha value is -1.14. The van der Waals surface area contributed by atoms with Crippen LogP contribution in [0.1, 0.15) is 18.1 Å². The van der Waals surface area contributed by atoms with E-state index in [4.69, 9.17) is 10.5 Å². The van der Waals surface area contributed by atoms with E-state index in [0.29, 0.717) is 18.8 Å². The summed E-state index contributed by atoms with van der Waals surface area (Å²) >= 11 is 2.26. The van der Waals surface area contributed by atoms with E-state index in [1.807, 2.05) is 31.2 Å². The lowest BCUT2D eigenvalue weighted by Gasteiger charge is -2.13. The van der Waals surface area contributed by atoms with Gasteiger partial charge in [-0.25, -0.2) is 4.39 Å². The normalized spacial score (nSPS) is 12.2. The molecular formula is C16H17FINO. The fraction of sp³-hybridized carbons (Fsp3) is 0.250. The Balaban J connectivity index is 2.10. The first kappa shape index (κ1) is 15.3. The van der Waals surface area contributed by atoms with E-state index in [-0.39, 0.29) is 11.9 Å². The first-order valence-electron chi connectivity index (χ1n) is 6.46. The Labute approximate surface area is 132 Å². The fourth-order valence-corrected chi connectivity index (χ4v) is 2.30. The van der Waals surface area contributed by atoms with Crippen molar-refractivity contribution in [3.05, 3.63) is 63.0 Å². The maximum absolute atomic E-state index is 13.3. The summed E-state index contributed by atoms with van der Waals surface area (Å²) in [6, 6.07) is 12.7. The zero-order chi connectivity index (χ0) is 14.5. The van der Waals surface area contributed by atoms with Gasteiger partial charge >= 0.3 is 0 Å². The maximum atomic E-state index is 13.3. The van der Waals surface area contributed by atoms with Gasteiger partial charge in [-0.1, -0.05) is 12.1 Å². The topological polar surface area (TPSA) is 35.2 Å². The molecule has 1 atom stereocenters. The van der Waals surface area contributed by atoms with Crippen LogP contribution < -0.4 is 10.5 Å². The van der Waals surface area contributed by atoms with Crippen LogP contribution in [0.3, 0.4) is 0 Å². The Morgan fingerprint density at radius 1 is 1.20 bits per heavy atom. The molecule has 0 saturated carbocycles. The van der Waals surface area contributed by atoms with Gasteiger partial charge in [-0.3, -0.25) is 0 Å².